The summed E-state index contributed by atoms with van der Waals surface area (Å²) in [7, 11) is 1.55. The van der Waals surface area contributed by atoms with Crippen LogP contribution < -0.4 is 15.4 Å². The lowest BCUT2D eigenvalue weighted by Crippen LogP contribution is -2.20. The molecule has 2 saturated carbocycles. The van der Waals surface area contributed by atoms with Gasteiger partial charge in [0.1, 0.15) is 11.6 Å². The Balaban J connectivity index is 1.13. The minimum Gasteiger partial charge on any atom is -0.497 e. The lowest BCUT2D eigenvalue weighted by atomic mass is 9.99. The monoisotopic (exact) mass is 599 g/mol. The maximum Gasteiger partial charge on any atom is 0.227 e. The van der Waals surface area contributed by atoms with Crippen molar-refractivity contribution in [3.8, 4) is 16.9 Å². The molecule has 8 heteroatoms. The van der Waals surface area contributed by atoms with Crippen LogP contribution in [0, 0.1) is 17.7 Å². The zero-order chi connectivity index (χ0) is 30.5. The first-order valence-corrected chi connectivity index (χ1v) is 15.7. The maximum absolute atomic E-state index is 14.5. The molecule has 3 N–H and O–H groups in total. The highest BCUT2D eigenvalue weighted by molar-refractivity contribution is 6.18. The lowest BCUT2D eigenvalue weighted by Gasteiger charge is -2.12. The number of benzene rings is 2. The molecule has 0 bridgehead atoms. The highest BCUT2D eigenvalue weighted by atomic mass is 19.1. The largest absolute Gasteiger partial charge is 0.497 e. The third-order valence-corrected chi connectivity index (χ3v) is 9.42. The number of carbonyl (C=O) groups is 1. The number of aliphatic imine (C=N–C) groups is 1. The van der Waals surface area contributed by atoms with E-state index in [0.717, 1.165) is 94.6 Å². The van der Waals surface area contributed by atoms with Crippen LogP contribution >= 0.6 is 0 Å². The molecule has 3 heterocycles. The maximum atomic E-state index is 14.5. The van der Waals surface area contributed by atoms with E-state index in [2.05, 4.69) is 44.9 Å². The van der Waals surface area contributed by atoms with E-state index in [0.29, 0.717) is 12.3 Å². The molecule has 0 unspecified atom stereocenters. The number of ether oxygens (including phenoxy) is 1. The quantitative estimate of drug-likeness (QED) is 0.219. The van der Waals surface area contributed by atoms with Crippen LogP contribution in [0.2, 0.25) is 0 Å². The fourth-order valence-electron chi connectivity index (χ4n) is 7.13. The number of rotatable bonds is 6. The smallest absolute Gasteiger partial charge is 0.227 e. The third kappa shape index (κ3) is 5.14. The van der Waals surface area contributed by atoms with Crippen LogP contribution in [0.1, 0.15) is 43.4 Å². The zero-order valence-electron chi connectivity index (χ0n) is 25.1. The second-order valence-electron chi connectivity index (χ2n) is 12.3. The van der Waals surface area contributed by atoms with Crippen molar-refractivity contribution in [3.05, 3.63) is 107 Å². The Morgan fingerprint density at radius 2 is 1.93 bits per heavy atom. The standard InChI is InChI=1S/C37H34FN5O2/c1-45-26-15-22(13-24(38)16-26)27-7-4-8-32-30(27)18-34(43-32)36-35-31-17-29(31)28(9-10-33(35)40-11-12-41-36)23-14-25(20-39-19-23)42-37(44)21-5-2-3-6-21/h4,7-10,13-16,18-21,29,40,43H,2-3,5-6,11-12,17H2,1H3,(H,42,44)/t29-/m1/s1. The van der Waals surface area contributed by atoms with E-state index >= 15 is 0 Å². The number of anilines is 1. The highest BCUT2D eigenvalue weighted by Gasteiger charge is 2.41. The van der Waals surface area contributed by atoms with Gasteiger partial charge in [-0.25, -0.2) is 4.39 Å². The van der Waals surface area contributed by atoms with Crippen LogP contribution in [-0.2, 0) is 4.79 Å². The first kappa shape index (κ1) is 27.6. The van der Waals surface area contributed by atoms with Gasteiger partial charge in [0.05, 0.1) is 36.9 Å². The molecule has 2 aromatic heterocycles. The van der Waals surface area contributed by atoms with Crippen LogP contribution in [-0.4, -0.2) is 41.8 Å². The number of pyridine rings is 1. The Labute approximate surface area is 261 Å². The van der Waals surface area contributed by atoms with E-state index in [1.807, 2.05) is 30.5 Å². The van der Waals surface area contributed by atoms with E-state index in [1.165, 1.54) is 17.2 Å². The van der Waals surface area contributed by atoms with Gasteiger partial charge in [-0.05, 0) is 83.5 Å². The number of amides is 1. The molecule has 2 aromatic carbocycles. The summed E-state index contributed by atoms with van der Waals surface area (Å²) in [6.07, 6.45) is 13.1. The molecule has 1 atom stereocenters. The van der Waals surface area contributed by atoms with Gasteiger partial charge in [0.15, 0.2) is 0 Å². The zero-order valence-corrected chi connectivity index (χ0v) is 25.1. The Bertz CT molecular complexity index is 1980. The van der Waals surface area contributed by atoms with E-state index < -0.39 is 0 Å². The minimum absolute atomic E-state index is 0.1000. The Kier molecular flexibility index (Phi) is 6.85. The average Bonchev–Trinajstić information content (AvgIpc) is 3.48. The summed E-state index contributed by atoms with van der Waals surface area (Å²) in [6, 6.07) is 15.0. The lowest BCUT2D eigenvalue weighted by molar-refractivity contribution is -0.119. The topological polar surface area (TPSA) is 91.4 Å². The average molecular weight is 600 g/mol. The molecule has 7 nitrogen and oxygen atoms in total. The molecule has 4 aliphatic rings. The van der Waals surface area contributed by atoms with Crippen LogP contribution in [0.25, 0.3) is 27.6 Å². The van der Waals surface area contributed by atoms with Crippen molar-refractivity contribution in [2.24, 2.45) is 16.8 Å². The molecule has 0 saturated heterocycles. The summed E-state index contributed by atoms with van der Waals surface area (Å²) in [6.45, 7) is 1.39. The van der Waals surface area contributed by atoms with Crippen LogP contribution in [0.4, 0.5) is 10.1 Å². The summed E-state index contributed by atoms with van der Waals surface area (Å²) < 4.78 is 19.8. The van der Waals surface area contributed by atoms with Crippen molar-refractivity contribution < 1.29 is 13.9 Å². The number of halogens is 1. The molecular weight excluding hydrogens is 565 g/mol. The number of fused-ring (bicyclic) bond motifs is 3. The molecule has 2 fully saturated rings. The van der Waals surface area contributed by atoms with Gasteiger partial charge in [-0.2, -0.15) is 0 Å². The number of carbonyl (C=O) groups excluding carboxylic acids is 1. The fourth-order valence-corrected chi connectivity index (χ4v) is 7.13. The summed E-state index contributed by atoms with van der Waals surface area (Å²) in [5.41, 5.74) is 11.0. The van der Waals surface area contributed by atoms with E-state index in [9.17, 15) is 9.18 Å². The van der Waals surface area contributed by atoms with Crippen molar-refractivity contribution in [1.82, 2.24) is 15.3 Å². The first-order valence-electron chi connectivity index (χ1n) is 15.7. The molecule has 4 aromatic rings. The summed E-state index contributed by atoms with van der Waals surface area (Å²) in [4.78, 5) is 26.0. The number of nitrogens with zero attached hydrogens (tertiary/aromatic N) is 2. The Morgan fingerprint density at radius 1 is 1.04 bits per heavy atom. The van der Waals surface area contributed by atoms with Gasteiger partial charge in [-0.1, -0.05) is 31.1 Å². The molecule has 1 aliphatic heterocycles. The number of H-pyrrole nitrogens is 1. The molecule has 45 heavy (non-hydrogen) atoms. The van der Waals surface area contributed by atoms with Crippen molar-refractivity contribution >= 4 is 33.8 Å². The van der Waals surface area contributed by atoms with Gasteiger partial charge >= 0.3 is 0 Å². The number of hydrogen-bond acceptors (Lipinski definition) is 5. The number of allylic oxidation sites excluding steroid dienone is 5. The second kappa shape index (κ2) is 11.2. The van der Waals surface area contributed by atoms with Crippen molar-refractivity contribution in [1.29, 1.82) is 0 Å². The van der Waals surface area contributed by atoms with Crippen molar-refractivity contribution in [3.63, 3.8) is 0 Å². The van der Waals surface area contributed by atoms with Gasteiger partial charge < -0.3 is 20.4 Å². The van der Waals surface area contributed by atoms with E-state index in [4.69, 9.17) is 9.73 Å². The molecule has 0 spiro atoms. The molecule has 1 amide bonds. The van der Waals surface area contributed by atoms with Gasteiger partial charge in [0.25, 0.3) is 0 Å². The molecule has 0 radical (unpaired) electrons. The summed E-state index contributed by atoms with van der Waals surface area (Å²) >= 11 is 0. The second-order valence-corrected chi connectivity index (χ2v) is 12.3. The molecule has 226 valence electrons. The number of hydrogen-bond donors (Lipinski definition) is 3. The van der Waals surface area contributed by atoms with Crippen molar-refractivity contribution in [2.75, 3.05) is 25.5 Å². The van der Waals surface area contributed by atoms with Crippen LogP contribution in [0.15, 0.2) is 94.9 Å². The number of nitrogens with one attached hydrogen (secondary N) is 3. The van der Waals surface area contributed by atoms with Gasteiger partial charge in [0.2, 0.25) is 5.91 Å². The fraction of sp³-hybridized carbons (Fsp3) is 0.270. The Morgan fingerprint density at radius 3 is 2.80 bits per heavy atom. The number of aromatic nitrogens is 2. The highest BCUT2D eigenvalue weighted by Crippen LogP contribution is 2.52. The van der Waals surface area contributed by atoms with Crippen molar-refractivity contribution in [2.45, 2.75) is 32.1 Å². The third-order valence-electron chi connectivity index (χ3n) is 9.42. The SMILES string of the molecule is COc1cc(F)cc(-c2cccc3[nH]c(C4=NCCNC5=CC=C(c6cncc(NC(=O)C7CCCC7)c6)[C@H]6CC6=C54)cc23)c1. The predicted octanol–water partition coefficient (Wildman–Crippen LogP) is 7.20. The number of methoxy groups -OCH3 is 1. The molecule has 3 aliphatic carbocycles. The summed E-state index contributed by atoms with van der Waals surface area (Å²) in [5.74, 6) is 0.598. The van der Waals surface area contributed by atoms with E-state index in [1.54, 1.807) is 19.4 Å². The minimum atomic E-state index is -0.337. The number of aromatic amines is 1. The van der Waals surface area contributed by atoms with Crippen LogP contribution in [0.3, 0.4) is 0 Å². The Hall–Kier alpha value is -4.98. The van der Waals surface area contributed by atoms with Gasteiger partial charge in [0, 0.05) is 52.8 Å². The summed E-state index contributed by atoms with van der Waals surface area (Å²) in [5, 5.41) is 7.72. The van der Waals surface area contributed by atoms with Crippen LogP contribution in [0.5, 0.6) is 5.75 Å². The normalized spacial score (nSPS) is 19.4. The predicted molar refractivity (Wildman–Crippen MR) is 176 cm³/mol. The first-order chi connectivity index (χ1) is 22.1. The molecule has 8 rings (SSSR count). The van der Waals surface area contributed by atoms with Gasteiger partial charge in [-0.15, -0.1) is 0 Å². The van der Waals surface area contributed by atoms with Gasteiger partial charge in [-0.3, -0.25) is 14.8 Å². The molecular formula is C37H34FN5O2. The van der Waals surface area contributed by atoms with E-state index in [-0.39, 0.29) is 23.6 Å².